The molecule has 0 radical (unpaired) electrons. The number of thiol groups is 1. The molecule has 1 aromatic carbocycles. The second-order valence-electron chi connectivity index (χ2n) is 4.35. The summed E-state index contributed by atoms with van der Waals surface area (Å²) in [6.07, 6.45) is 2.51. The minimum Gasteiger partial charge on any atom is -0.466 e. The summed E-state index contributed by atoms with van der Waals surface area (Å²) in [5.74, 6) is 2.44. The Balaban J connectivity index is 2.14. The van der Waals surface area contributed by atoms with Gasteiger partial charge in [-0.25, -0.2) is 0 Å². The maximum Gasteiger partial charge on any atom is 0.306 e. The predicted octanol–water partition coefficient (Wildman–Crippen LogP) is 4.08. The zero-order valence-electron chi connectivity index (χ0n) is 11.4. The van der Waals surface area contributed by atoms with E-state index in [9.17, 15) is 4.79 Å². The third kappa shape index (κ3) is 7.53. The molecule has 19 heavy (non-hydrogen) atoms. The fourth-order valence-electron chi connectivity index (χ4n) is 1.57. The molecule has 0 saturated carbocycles. The molecule has 0 bridgehead atoms. The molecule has 2 nitrogen and oxygen atoms in total. The highest BCUT2D eigenvalue weighted by Crippen LogP contribution is 2.15. The van der Waals surface area contributed by atoms with Crippen LogP contribution in [0.25, 0.3) is 0 Å². The smallest absolute Gasteiger partial charge is 0.306 e. The predicted molar refractivity (Wildman–Crippen MR) is 85.8 cm³/mol. The lowest BCUT2D eigenvalue weighted by molar-refractivity contribution is -0.143. The van der Waals surface area contributed by atoms with Crippen LogP contribution in [0.3, 0.4) is 0 Å². The van der Waals surface area contributed by atoms with E-state index >= 15 is 0 Å². The van der Waals surface area contributed by atoms with E-state index in [0.717, 1.165) is 30.1 Å². The molecule has 106 valence electrons. The molecule has 0 spiro atoms. The standard InChI is InChI=1S/C15H22O2S2/c1-2-3-8-17-15(16)7-9-19-12-14-6-4-5-13(10-14)11-18/h4-6,10,18H,2-3,7-9,11-12H2,1H3. The highest BCUT2D eigenvalue weighted by Gasteiger charge is 2.02. The second-order valence-corrected chi connectivity index (χ2v) is 5.78. The molecule has 0 aromatic heterocycles. The van der Waals surface area contributed by atoms with Gasteiger partial charge < -0.3 is 4.74 Å². The molecule has 1 aromatic rings. The monoisotopic (exact) mass is 298 g/mol. The summed E-state index contributed by atoms with van der Waals surface area (Å²) in [6.45, 7) is 2.65. The number of rotatable bonds is 9. The minimum absolute atomic E-state index is 0.0786. The van der Waals surface area contributed by atoms with Gasteiger partial charge >= 0.3 is 5.97 Å². The lowest BCUT2D eigenvalue weighted by atomic mass is 10.2. The van der Waals surface area contributed by atoms with Crippen LogP contribution in [-0.4, -0.2) is 18.3 Å². The van der Waals surface area contributed by atoms with Crippen molar-refractivity contribution in [3.05, 3.63) is 35.4 Å². The van der Waals surface area contributed by atoms with Gasteiger partial charge in [0.25, 0.3) is 0 Å². The zero-order chi connectivity index (χ0) is 13.9. The fraction of sp³-hybridized carbons (Fsp3) is 0.533. The Kier molecular flexibility index (Phi) is 8.84. The van der Waals surface area contributed by atoms with Gasteiger partial charge in [0.1, 0.15) is 0 Å². The van der Waals surface area contributed by atoms with Gasteiger partial charge in [0, 0.05) is 17.3 Å². The van der Waals surface area contributed by atoms with Gasteiger partial charge in [-0.2, -0.15) is 24.4 Å². The molecule has 0 N–H and O–H groups in total. The molecule has 0 heterocycles. The summed E-state index contributed by atoms with van der Waals surface area (Å²) in [5.41, 5.74) is 2.52. The first kappa shape index (κ1) is 16.4. The van der Waals surface area contributed by atoms with Crippen LogP contribution in [0, 0.1) is 0 Å². The SMILES string of the molecule is CCCCOC(=O)CCSCc1cccc(CS)c1. The third-order valence-electron chi connectivity index (χ3n) is 2.65. The number of carbonyl (C=O) groups is 1. The maximum atomic E-state index is 11.4. The number of hydrogen-bond acceptors (Lipinski definition) is 4. The van der Waals surface area contributed by atoms with Crippen LogP contribution >= 0.6 is 24.4 Å². The van der Waals surface area contributed by atoms with Crippen molar-refractivity contribution in [3.8, 4) is 0 Å². The summed E-state index contributed by atoms with van der Waals surface area (Å²) in [5, 5.41) is 0. The van der Waals surface area contributed by atoms with E-state index in [1.807, 2.05) is 0 Å². The van der Waals surface area contributed by atoms with Gasteiger partial charge in [-0.05, 0) is 17.5 Å². The van der Waals surface area contributed by atoms with Crippen molar-refractivity contribution in [1.29, 1.82) is 0 Å². The van der Waals surface area contributed by atoms with E-state index in [4.69, 9.17) is 4.74 Å². The van der Waals surface area contributed by atoms with Gasteiger partial charge in [0.2, 0.25) is 0 Å². The highest BCUT2D eigenvalue weighted by molar-refractivity contribution is 7.98. The number of hydrogen-bond donors (Lipinski definition) is 1. The Morgan fingerprint density at radius 1 is 1.37 bits per heavy atom. The fourth-order valence-corrected chi connectivity index (χ4v) is 2.63. The van der Waals surface area contributed by atoms with Gasteiger partial charge in [0.15, 0.2) is 0 Å². The molecule has 4 heteroatoms. The lowest BCUT2D eigenvalue weighted by Gasteiger charge is -2.05. The number of thioether (sulfide) groups is 1. The Morgan fingerprint density at radius 3 is 2.89 bits per heavy atom. The molecule has 0 unspecified atom stereocenters. The van der Waals surface area contributed by atoms with Crippen molar-refractivity contribution in [2.24, 2.45) is 0 Å². The quantitative estimate of drug-likeness (QED) is 0.422. The van der Waals surface area contributed by atoms with E-state index in [0.29, 0.717) is 13.0 Å². The van der Waals surface area contributed by atoms with E-state index in [1.165, 1.54) is 11.1 Å². The Labute approximate surface area is 125 Å². The average molecular weight is 298 g/mol. The molecule has 0 amide bonds. The molecule has 0 saturated heterocycles. The first-order valence-corrected chi connectivity index (χ1v) is 8.47. The Hall–Kier alpha value is -0.610. The molecule has 1 rings (SSSR count). The highest BCUT2D eigenvalue weighted by atomic mass is 32.2. The normalized spacial score (nSPS) is 10.4. The number of carbonyl (C=O) groups excluding carboxylic acids is 1. The average Bonchev–Trinajstić information content (AvgIpc) is 2.44. The van der Waals surface area contributed by atoms with Gasteiger partial charge in [-0.1, -0.05) is 37.6 Å². The van der Waals surface area contributed by atoms with E-state index in [2.05, 4.69) is 43.8 Å². The molecular weight excluding hydrogens is 276 g/mol. The summed E-state index contributed by atoms with van der Waals surface area (Å²) < 4.78 is 5.11. The van der Waals surface area contributed by atoms with Crippen LogP contribution in [0.5, 0.6) is 0 Å². The van der Waals surface area contributed by atoms with E-state index in [-0.39, 0.29) is 5.97 Å². The lowest BCUT2D eigenvalue weighted by Crippen LogP contribution is -2.06. The first-order chi connectivity index (χ1) is 9.26. The van der Waals surface area contributed by atoms with Crippen LogP contribution in [0.1, 0.15) is 37.3 Å². The van der Waals surface area contributed by atoms with Crippen molar-refractivity contribution >= 4 is 30.4 Å². The molecular formula is C15H22O2S2. The van der Waals surface area contributed by atoms with Crippen molar-refractivity contribution < 1.29 is 9.53 Å². The second kappa shape index (κ2) is 10.2. The Bertz CT molecular complexity index is 380. The van der Waals surface area contributed by atoms with Crippen molar-refractivity contribution in [1.82, 2.24) is 0 Å². The van der Waals surface area contributed by atoms with Crippen molar-refractivity contribution in [2.45, 2.75) is 37.7 Å². The van der Waals surface area contributed by atoms with Crippen molar-refractivity contribution in [3.63, 3.8) is 0 Å². The van der Waals surface area contributed by atoms with Crippen LogP contribution in [0.15, 0.2) is 24.3 Å². The topological polar surface area (TPSA) is 26.3 Å². The maximum absolute atomic E-state index is 11.4. The largest absolute Gasteiger partial charge is 0.466 e. The summed E-state index contributed by atoms with van der Waals surface area (Å²) in [7, 11) is 0. The molecule has 0 aliphatic rings. The minimum atomic E-state index is -0.0786. The van der Waals surface area contributed by atoms with Gasteiger partial charge in [-0.15, -0.1) is 0 Å². The first-order valence-electron chi connectivity index (χ1n) is 6.68. The number of ether oxygens (including phenoxy) is 1. The zero-order valence-corrected chi connectivity index (χ0v) is 13.1. The number of esters is 1. The summed E-state index contributed by atoms with van der Waals surface area (Å²) >= 11 is 6.03. The molecule has 0 aliphatic carbocycles. The Morgan fingerprint density at radius 2 is 2.16 bits per heavy atom. The third-order valence-corrected chi connectivity index (χ3v) is 4.05. The van der Waals surface area contributed by atoms with E-state index < -0.39 is 0 Å². The van der Waals surface area contributed by atoms with Crippen LogP contribution in [-0.2, 0) is 21.0 Å². The molecule has 0 aliphatic heterocycles. The summed E-state index contributed by atoms with van der Waals surface area (Å²) in [6, 6.07) is 8.41. The van der Waals surface area contributed by atoms with Crippen LogP contribution in [0.2, 0.25) is 0 Å². The summed E-state index contributed by atoms with van der Waals surface area (Å²) in [4.78, 5) is 11.4. The van der Waals surface area contributed by atoms with Crippen LogP contribution < -0.4 is 0 Å². The number of benzene rings is 1. The van der Waals surface area contributed by atoms with E-state index in [1.54, 1.807) is 11.8 Å². The molecule has 0 atom stereocenters. The number of unbranched alkanes of at least 4 members (excludes halogenated alkanes) is 1. The van der Waals surface area contributed by atoms with Crippen molar-refractivity contribution in [2.75, 3.05) is 12.4 Å². The molecule has 0 fully saturated rings. The van der Waals surface area contributed by atoms with Gasteiger partial charge in [0.05, 0.1) is 13.0 Å². The van der Waals surface area contributed by atoms with Crippen LogP contribution in [0.4, 0.5) is 0 Å². The van der Waals surface area contributed by atoms with Gasteiger partial charge in [-0.3, -0.25) is 4.79 Å².